The minimum Gasteiger partial charge on any atom is -0.494 e. The van der Waals surface area contributed by atoms with Gasteiger partial charge in [-0.2, -0.15) is 0 Å². The monoisotopic (exact) mass is 348 g/mol. The standard InChI is InChI=1S/C19H28N2O4/c1-3-25-17-8-4-13(5-9-17)10-15(19(23)24-2)12-21-18(22)14-6-7-16(20)11-14/h4-5,8-9,14-16H,3,6-7,10-12,20H2,1-2H3,(H,21,22). The Labute approximate surface area is 149 Å². The van der Waals surface area contributed by atoms with Crippen LogP contribution in [0.3, 0.4) is 0 Å². The first kappa shape index (κ1) is 19.2. The normalized spacial score (nSPS) is 20.8. The lowest BCUT2D eigenvalue weighted by Crippen LogP contribution is -2.37. The van der Waals surface area contributed by atoms with Gasteiger partial charge in [-0.05, 0) is 50.3 Å². The van der Waals surface area contributed by atoms with Gasteiger partial charge in [0.1, 0.15) is 5.75 Å². The molecule has 1 amide bonds. The molecule has 25 heavy (non-hydrogen) atoms. The summed E-state index contributed by atoms with van der Waals surface area (Å²) >= 11 is 0. The second-order valence-corrected chi connectivity index (χ2v) is 6.52. The van der Waals surface area contributed by atoms with Gasteiger partial charge in [-0.1, -0.05) is 12.1 Å². The Balaban J connectivity index is 1.91. The number of esters is 1. The van der Waals surface area contributed by atoms with Crippen molar-refractivity contribution in [3.63, 3.8) is 0 Å². The van der Waals surface area contributed by atoms with Crippen LogP contribution >= 0.6 is 0 Å². The minimum absolute atomic E-state index is 0.0199. The van der Waals surface area contributed by atoms with Crippen molar-refractivity contribution in [1.82, 2.24) is 5.32 Å². The van der Waals surface area contributed by atoms with E-state index in [1.54, 1.807) is 0 Å². The smallest absolute Gasteiger partial charge is 0.310 e. The summed E-state index contributed by atoms with van der Waals surface area (Å²) in [6.07, 6.45) is 2.91. The predicted octanol–water partition coefficient (Wildman–Crippen LogP) is 1.66. The Bertz CT molecular complexity index is 573. The largest absolute Gasteiger partial charge is 0.494 e. The summed E-state index contributed by atoms with van der Waals surface area (Å²) < 4.78 is 10.3. The number of hydrogen-bond acceptors (Lipinski definition) is 5. The second-order valence-electron chi connectivity index (χ2n) is 6.52. The van der Waals surface area contributed by atoms with Gasteiger partial charge < -0.3 is 20.5 Å². The maximum atomic E-state index is 12.2. The van der Waals surface area contributed by atoms with Gasteiger partial charge in [-0.3, -0.25) is 9.59 Å². The van der Waals surface area contributed by atoms with Crippen LogP contribution in [0.25, 0.3) is 0 Å². The highest BCUT2D eigenvalue weighted by molar-refractivity contribution is 5.80. The molecule has 6 heteroatoms. The molecule has 1 saturated carbocycles. The number of nitrogens with one attached hydrogen (secondary N) is 1. The molecule has 138 valence electrons. The molecule has 1 aliphatic carbocycles. The van der Waals surface area contributed by atoms with E-state index in [-0.39, 0.29) is 30.4 Å². The molecule has 6 nitrogen and oxygen atoms in total. The second kappa shape index (κ2) is 9.42. The number of ether oxygens (including phenoxy) is 2. The van der Waals surface area contributed by atoms with Crippen LogP contribution in [0.5, 0.6) is 5.75 Å². The maximum Gasteiger partial charge on any atom is 0.310 e. The van der Waals surface area contributed by atoms with Crippen LogP contribution in [-0.2, 0) is 20.7 Å². The summed E-state index contributed by atoms with van der Waals surface area (Å²) in [5.74, 6) is -0.00154. The molecule has 0 radical (unpaired) electrons. The molecular formula is C19H28N2O4. The van der Waals surface area contributed by atoms with Gasteiger partial charge in [0.2, 0.25) is 5.91 Å². The van der Waals surface area contributed by atoms with Gasteiger partial charge in [0.25, 0.3) is 0 Å². The molecule has 0 aromatic heterocycles. The van der Waals surface area contributed by atoms with Crippen LogP contribution in [0.2, 0.25) is 0 Å². The topological polar surface area (TPSA) is 90.6 Å². The van der Waals surface area contributed by atoms with E-state index >= 15 is 0 Å². The molecule has 1 fully saturated rings. The van der Waals surface area contributed by atoms with E-state index in [0.717, 1.165) is 24.2 Å². The first-order valence-electron chi connectivity index (χ1n) is 8.86. The Morgan fingerprint density at radius 2 is 2.00 bits per heavy atom. The van der Waals surface area contributed by atoms with Gasteiger partial charge in [-0.15, -0.1) is 0 Å². The number of methoxy groups -OCH3 is 1. The zero-order chi connectivity index (χ0) is 18.2. The highest BCUT2D eigenvalue weighted by atomic mass is 16.5. The molecule has 0 bridgehead atoms. The van der Waals surface area contributed by atoms with Gasteiger partial charge in [-0.25, -0.2) is 0 Å². The third kappa shape index (κ3) is 5.74. The Kier molecular flexibility index (Phi) is 7.25. The number of nitrogens with two attached hydrogens (primary N) is 1. The van der Waals surface area contributed by atoms with Gasteiger partial charge in [0.05, 0.1) is 19.6 Å². The molecular weight excluding hydrogens is 320 g/mol. The molecule has 0 saturated heterocycles. The lowest BCUT2D eigenvalue weighted by atomic mass is 9.98. The van der Waals surface area contributed by atoms with Crippen molar-refractivity contribution < 1.29 is 19.1 Å². The van der Waals surface area contributed by atoms with Crippen LogP contribution in [0.15, 0.2) is 24.3 Å². The third-order valence-electron chi connectivity index (χ3n) is 4.62. The third-order valence-corrected chi connectivity index (χ3v) is 4.62. The van der Waals surface area contributed by atoms with E-state index in [0.29, 0.717) is 19.4 Å². The Hall–Kier alpha value is -2.08. The fourth-order valence-corrected chi connectivity index (χ4v) is 3.20. The van der Waals surface area contributed by atoms with Gasteiger partial charge in [0, 0.05) is 18.5 Å². The van der Waals surface area contributed by atoms with Gasteiger partial charge in [0.15, 0.2) is 0 Å². The first-order valence-corrected chi connectivity index (χ1v) is 8.86. The number of rotatable bonds is 8. The molecule has 0 aliphatic heterocycles. The maximum absolute atomic E-state index is 12.2. The fraction of sp³-hybridized carbons (Fsp3) is 0.579. The summed E-state index contributed by atoms with van der Waals surface area (Å²) in [6.45, 7) is 2.81. The van der Waals surface area contributed by atoms with Crippen LogP contribution < -0.4 is 15.8 Å². The minimum atomic E-state index is -0.415. The summed E-state index contributed by atoms with van der Waals surface area (Å²) in [7, 11) is 1.37. The summed E-state index contributed by atoms with van der Waals surface area (Å²) in [5.41, 5.74) is 6.86. The van der Waals surface area contributed by atoms with Gasteiger partial charge >= 0.3 is 5.97 Å². The zero-order valence-corrected chi connectivity index (χ0v) is 15.0. The molecule has 2 rings (SSSR count). The molecule has 1 aromatic rings. The average molecular weight is 348 g/mol. The number of carbonyl (C=O) groups excluding carboxylic acids is 2. The molecule has 3 unspecified atom stereocenters. The number of hydrogen-bond donors (Lipinski definition) is 2. The highest BCUT2D eigenvalue weighted by Gasteiger charge is 2.29. The lowest BCUT2D eigenvalue weighted by molar-refractivity contribution is -0.145. The fourth-order valence-electron chi connectivity index (χ4n) is 3.20. The van der Waals surface area contributed by atoms with Crippen molar-refractivity contribution in [2.75, 3.05) is 20.3 Å². The SMILES string of the molecule is CCOc1ccc(CC(CNC(=O)C2CCC(N)C2)C(=O)OC)cc1. The van der Waals surface area contributed by atoms with E-state index in [9.17, 15) is 9.59 Å². The number of amides is 1. The molecule has 0 heterocycles. The summed E-state index contributed by atoms with van der Waals surface area (Å²) in [4.78, 5) is 24.3. The van der Waals surface area contributed by atoms with Crippen LogP contribution in [0, 0.1) is 11.8 Å². The van der Waals surface area contributed by atoms with Crippen molar-refractivity contribution in [2.24, 2.45) is 17.6 Å². The molecule has 3 N–H and O–H groups in total. The molecule has 3 atom stereocenters. The molecule has 1 aromatic carbocycles. The predicted molar refractivity (Wildman–Crippen MR) is 95.1 cm³/mol. The molecule has 0 spiro atoms. The van der Waals surface area contributed by atoms with Crippen molar-refractivity contribution in [3.05, 3.63) is 29.8 Å². The zero-order valence-electron chi connectivity index (χ0n) is 15.0. The van der Waals surface area contributed by atoms with Crippen molar-refractivity contribution in [3.8, 4) is 5.75 Å². The molecule has 1 aliphatic rings. The van der Waals surface area contributed by atoms with Crippen LogP contribution in [0.1, 0.15) is 31.7 Å². The van der Waals surface area contributed by atoms with Crippen molar-refractivity contribution in [2.45, 2.75) is 38.6 Å². The van der Waals surface area contributed by atoms with E-state index in [4.69, 9.17) is 15.2 Å². The quantitative estimate of drug-likeness (QED) is 0.697. The lowest BCUT2D eigenvalue weighted by Gasteiger charge is -2.17. The Morgan fingerprint density at radius 3 is 2.56 bits per heavy atom. The average Bonchev–Trinajstić information content (AvgIpc) is 3.06. The summed E-state index contributed by atoms with van der Waals surface area (Å²) in [5, 5.41) is 2.89. The number of benzene rings is 1. The van der Waals surface area contributed by atoms with Crippen LogP contribution in [-0.4, -0.2) is 38.2 Å². The van der Waals surface area contributed by atoms with E-state index in [1.807, 2.05) is 31.2 Å². The summed E-state index contributed by atoms with van der Waals surface area (Å²) in [6, 6.07) is 7.73. The number of carbonyl (C=O) groups is 2. The first-order chi connectivity index (χ1) is 12.0. The van der Waals surface area contributed by atoms with E-state index in [2.05, 4.69) is 5.32 Å². The highest BCUT2D eigenvalue weighted by Crippen LogP contribution is 2.24. The van der Waals surface area contributed by atoms with Crippen LogP contribution in [0.4, 0.5) is 0 Å². The van der Waals surface area contributed by atoms with Crippen molar-refractivity contribution >= 4 is 11.9 Å². The van der Waals surface area contributed by atoms with E-state index in [1.165, 1.54) is 7.11 Å². The Morgan fingerprint density at radius 1 is 1.28 bits per heavy atom. The van der Waals surface area contributed by atoms with E-state index < -0.39 is 5.92 Å². The van der Waals surface area contributed by atoms with Crippen molar-refractivity contribution in [1.29, 1.82) is 0 Å².